The molecule has 1 fully saturated rings. The van der Waals surface area contributed by atoms with E-state index in [0.29, 0.717) is 12.5 Å². The van der Waals surface area contributed by atoms with Crippen LogP contribution in [0, 0.1) is 11.8 Å². The van der Waals surface area contributed by atoms with Crippen LogP contribution in [0.4, 0.5) is 0 Å². The summed E-state index contributed by atoms with van der Waals surface area (Å²) in [6.45, 7) is 4.10. The van der Waals surface area contributed by atoms with Crippen LogP contribution in [0.1, 0.15) is 52.4 Å². The van der Waals surface area contributed by atoms with Gasteiger partial charge in [0, 0.05) is 13.1 Å². The molecule has 0 spiro atoms. The van der Waals surface area contributed by atoms with Crippen molar-refractivity contribution in [3.8, 4) is 0 Å². The van der Waals surface area contributed by atoms with E-state index in [1.165, 1.54) is 19.3 Å². The van der Waals surface area contributed by atoms with Gasteiger partial charge in [0.25, 0.3) is 0 Å². The number of nitrogens with two attached hydrogens (primary N) is 1. The molecule has 0 aliphatic heterocycles. The van der Waals surface area contributed by atoms with Crippen molar-refractivity contribution in [2.45, 2.75) is 58.4 Å². The molecule has 0 aromatic carbocycles. The lowest BCUT2D eigenvalue weighted by atomic mass is 9.83. The molecule has 1 aliphatic rings. The molecule has 0 saturated heterocycles. The molecule has 0 radical (unpaired) electrons. The zero-order valence-corrected chi connectivity index (χ0v) is 12.3. The molecule has 1 unspecified atom stereocenters. The van der Waals surface area contributed by atoms with Crippen molar-refractivity contribution in [2.75, 3.05) is 7.05 Å². The minimum Gasteiger partial charge on any atom is -0.409 e. The van der Waals surface area contributed by atoms with E-state index in [1.807, 2.05) is 14.0 Å². The van der Waals surface area contributed by atoms with Crippen LogP contribution in [-0.2, 0) is 4.79 Å². The number of rotatable bonds is 5. The highest BCUT2D eigenvalue weighted by Crippen LogP contribution is 2.29. The number of carbonyl (C=O) groups excluding carboxylic acids is 1. The maximum atomic E-state index is 12.4. The van der Waals surface area contributed by atoms with E-state index in [2.05, 4.69) is 12.1 Å². The molecule has 5 heteroatoms. The fourth-order valence-corrected chi connectivity index (χ4v) is 2.95. The van der Waals surface area contributed by atoms with Crippen LogP contribution in [0.15, 0.2) is 5.16 Å². The number of hydrogen-bond donors (Lipinski definition) is 2. The number of hydrogen-bond acceptors (Lipinski definition) is 3. The standard InChI is InChI=1S/C14H27N3O2/c1-4-10-6-8-11(9-7-10)17(3)14(18)12(5-2)13(15)16-19/h10-12,19H,4-9H2,1-3H3,(H2,15,16). The first-order chi connectivity index (χ1) is 9.04. The molecular weight excluding hydrogens is 242 g/mol. The SMILES string of the molecule is CCC1CCC(N(C)C(=O)C(CC)C(N)=NO)CC1. The molecule has 1 rings (SSSR count). The highest BCUT2D eigenvalue weighted by molar-refractivity contribution is 6.02. The number of nitrogens with zero attached hydrogens (tertiary/aromatic N) is 2. The third-order valence-corrected chi connectivity index (χ3v) is 4.47. The molecule has 5 nitrogen and oxygen atoms in total. The summed E-state index contributed by atoms with van der Waals surface area (Å²) in [7, 11) is 1.84. The van der Waals surface area contributed by atoms with E-state index < -0.39 is 5.92 Å². The molecule has 0 aromatic heterocycles. The number of oxime groups is 1. The van der Waals surface area contributed by atoms with Gasteiger partial charge in [-0.15, -0.1) is 0 Å². The fourth-order valence-electron chi connectivity index (χ4n) is 2.95. The molecule has 3 N–H and O–H groups in total. The molecule has 1 atom stereocenters. The average Bonchev–Trinajstić information content (AvgIpc) is 2.46. The first kappa shape index (κ1) is 15.8. The van der Waals surface area contributed by atoms with Gasteiger partial charge < -0.3 is 15.8 Å². The van der Waals surface area contributed by atoms with Crippen molar-refractivity contribution in [1.82, 2.24) is 4.90 Å². The van der Waals surface area contributed by atoms with E-state index in [0.717, 1.165) is 18.8 Å². The lowest BCUT2D eigenvalue weighted by Crippen LogP contribution is -2.45. The van der Waals surface area contributed by atoms with E-state index in [9.17, 15) is 4.79 Å². The number of carbonyl (C=O) groups is 1. The van der Waals surface area contributed by atoms with Gasteiger partial charge in [-0.2, -0.15) is 0 Å². The van der Waals surface area contributed by atoms with Crippen molar-refractivity contribution in [1.29, 1.82) is 0 Å². The first-order valence-corrected chi connectivity index (χ1v) is 7.29. The summed E-state index contributed by atoms with van der Waals surface area (Å²) >= 11 is 0. The summed E-state index contributed by atoms with van der Waals surface area (Å²) < 4.78 is 0. The molecule has 1 amide bonds. The Bertz CT molecular complexity index is 323. The molecule has 1 saturated carbocycles. The second-order valence-corrected chi connectivity index (χ2v) is 5.52. The Hall–Kier alpha value is -1.26. The van der Waals surface area contributed by atoms with Gasteiger partial charge in [-0.25, -0.2) is 0 Å². The van der Waals surface area contributed by atoms with Crippen molar-refractivity contribution >= 4 is 11.7 Å². The third-order valence-electron chi connectivity index (χ3n) is 4.47. The Balaban J connectivity index is 2.62. The molecule has 0 heterocycles. The van der Waals surface area contributed by atoms with Gasteiger partial charge in [-0.05, 0) is 38.0 Å². The largest absolute Gasteiger partial charge is 0.409 e. The monoisotopic (exact) mass is 269 g/mol. The Morgan fingerprint density at radius 2 is 1.95 bits per heavy atom. The summed E-state index contributed by atoms with van der Waals surface area (Å²) in [5.74, 6) is 0.295. The molecule has 110 valence electrons. The second-order valence-electron chi connectivity index (χ2n) is 5.52. The minimum absolute atomic E-state index is 0.0154. The van der Waals surface area contributed by atoms with Crippen LogP contribution in [0.25, 0.3) is 0 Å². The normalized spacial score (nSPS) is 25.9. The van der Waals surface area contributed by atoms with Gasteiger partial charge in [0.05, 0.1) is 5.92 Å². The van der Waals surface area contributed by atoms with Crippen molar-refractivity contribution in [3.63, 3.8) is 0 Å². The first-order valence-electron chi connectivity index (χ1n) is 7.29. The van der Waals surface area contributed by atoms with E-state index in [4.69, 9.17) is 10.9 Å². The maximum Gasteiger partial charge on any atom is 0.233 e. The van der Waals surface area contributed by atoms with Crippen LogP contribution in [0.3, 0.4) is 0 Å². The van der Waals surface area contributed by atoms with Crippen LogP contribution in [-0.4, -0.2) is 34.9 Å². The van der Waals surface area contributed by atoms with Crippen LogP contribution >= 0.6 is 0 Å². The molecule has 1 aliphatic carbocycles. The van der Waals surface area contributed by atoms with E-state index >= 15 is 0 Å². The summed E-state index contributed by atoms with van der Waals surface area (Å²) in [5, 5.41) is 11.7. The summed E-state index contributed by atoms with van der Waals surface area (Å²) in [6, 6.07) is 0.302. The topological polar surface area (TPSA) is 78.9 Å². The fraction of sp³-hybridized carbons (Fsp3) is 0.857. The highest BCUT2D eigenvalue weighted by atomic mass is 16.4. The maximum absolute atomic E-state index is 12.4. The predicted octanol–water partition coefficient (Wildman–Crippen LogP) is 2.19. The Morgan fingerprint density at radius 1 is 1.37 bits per heavy atom. The predicted molar refractivity (Wildman–Crippen MR) is 76.0 cm³/mol. The van der Waals surface area contributed by atoms with E-state index in [1.54, 1.807) is 4.90 Å². The lowest BCUT2D eigenvalue weighted by Gasteiger charge is -2.35. The molecule has 0 bridgehead atoms. The minimum atomic E-state index is -0.501. The Labute approximate surface area is 115 Å². The molecule has 19 heavy (non-hydrogen) atoms. The number of amides is 1. The van der Waals surface area contributed by atoms with Crippen LogP contribution < -0.4 is 5.73 Å². The summed E-state index contributed by atoms with van der Waals surface area (Å²) in [6.07, 6.45) is 6.30. The molecular formula is C14H27N3O2. The zero-order chi connectivity index (χ0) is 14.4. The second kappa shape index (κ2) is 7.36. The van der Waals surface area contributed by atoms with Crippen molar-refractivity contribution in [3.05, 3.63) is 0 Å². The van der Waals surface area contributed by atoms with Gasteiger partial charge in [0.2, 0.25) is 5.91 Å². The van der Waals surface area contributed by atoms with Gasteiger partial charge in [0.1, 0.15) is 0 Å². The quantitative estimate of drug-likeness (QED) is 0.347. The number of amidine groups is 1. The van der Waals surface area contributed by atoms with Crippen molar-refractivity contribution < 1.29 is 10.0 Å². The smallest absolute Gasteiger partial charge is 0.233 e. The summed E-state index contributed by atoms with van der Waals surface area (Å²) in [4.78, 5) is 14.2. The van der Waals surface area contributed by atoms with Gasteiger partial charge >= 0.3 is 0 Å². The van der Waals surface area contributed by atoms with Gasteiger partial charge in [0.15, 0.2) is 5.84 Å². The van der Waals surface area contributed by atoms with Crippen LogP contribution in [0.2, 0.25) is 0 Å². The Kier molecular flexibility index (Phi) is 6.12. The zero-order valence-electron chi connectivity index (χ0n) is 12.3. The molecule has 0 aromatic rings. The van der Waals surface area contributed by atoms with Crippen LogP contribution in [0.5, 0.6) is 0 Å². The average molecular weight is 269 g/mol. The van der Waals surface area contributed by atoms with Crippen molar-refractivity contribution in [2.24, 2.45) is 22.7 Å². The van der Waals surface area contributed by atoms with Gasteiger partial charge in [-0.3, -0.25) is 4.79 Å². The Morgan fingerprint density at radius 3 is 2.37 bits per heavy atom. The summed E-state index contributed by atoms with van der Waals surface area (Å²) in [5.41, 5.74) is 5.59. The lowest BCUT2D eigenvalue weighted by molar-refractivity contribution is -0.135. The highest BCUT2D eigenvalue weighted by Gasteiger charge is 2.30. The van der Waals surface area contributed by atoms with Gasteiger partial charge in [-0.1, -0.05) is 25.4 Å². The van der Waals surface area contributed by atoms with E-state index in [-0.39, 0.29) is 11.7 Å². The third kappa shape index (κ3) is 3.85.